The fourth-order valence-corrected chi connectivity index (χ4v) is 12.4. The van der Waals surface area contributed by atoms with Gasteiger partial charge in [0.2, 0.25) is 11.8 Å². The number of methoxy groups -OCH3 is 2. The Morgan fingerprint density at radius 2 is 1.21 bits per heavy atom. The number of benzene rings is 3. The van der Waals surface area contributed by atoms with E-state index in [2.05, 4.69) is 85.8 Å². The molecule has 4 amide bonds. The van der Waals surface area contributed by atoms with E-state index in [1.165, 1.54) is 56.6 Å². The molecule has 1 aromatic heterocycles. The quantitative estimate of drug-likeness (QED) is 0.133. The molecule has 4 atom stereocenters. The van der Waals surface area contributed by atoms with E-state index in [9.17, 15) is 24.0 Å². The lowest BCUT2D eigenvalue weighted by atomic mass is 9.82. The van der Waals surface area contributed by atoms with Crippen LogP contribution in [0.1, 0.15) is 129 Å². The van der Waals surface area contributed by atoms with E-state index in [1.54, 1.807) is 4.90 Å². The minimum absolute atomic E-state index is 0.106. The van der Waals surface area contributed by atoms with Crippen LogP contribution in [0.4, 0.5) is 9.59 Å². The van der Waals surface area contributed by atoms with Crippen LogP contribution in [0.25, 0.3) is 38.7 Å². The van der Waals surface area contributed by atoms with Gasteiger partial charge in [0.05, 0.1) is 37.2 Å². The zero-order chi connectivity index (χ0) is 50.7. The zero-order valence-corrected chi connectivity index (χ0v) is 43.2. The van der Waals surface area contributed by atoms with E-state index < -0.39 is 30.3 Å². The minimum Gasteiger partial charge on any atom is -0.453 e. The summed E-state index contributed by atoms with van der Waals surface area (Å²) in [7, 11) is 2.59. The first-order valence-electron chi connectivity index (χ1n) is 25.5. The number of alkyl carbamates (subject to hydrolysis) is 2. The van der Waals surface area contributed by atoms with Crippen molar-refractivity contribution >= 4 is 46.2 Å². The van der Waals surface area contributed by atoms with Gasteiger partial charge < -0.3 is 34.9 Å². The lowest BCUT2D eigenvalue weighted by Crippen LogP contribution is -2.53. The highest BCUT2D eigenvalue weighted by Crippen LogP contribution is 2.53. The van der Waals surface area contributed by atoms with Gasteiger partial charge in [0, 0.05) is 31.4 Å². The number of aromatic amines is 1. The molecule has 2 aliphatic carbocycles. The van der Waals surface area contributed by atoms with Crippen LogP contribution < -0.4 is 16.2 Å². The standard InChI is InChI=1S/C57H71N7O7/c1-32(2)47(60-53(68)70-9)51(66)63-30-55(5,6)27-45(63)44-24-37(29-58-44)34-13-15-35(16-14-34)38-18-19-39(42-26-57(25-41(38)42)21-11-12-22-57)36-17-20-43-40(23-36)50(65)62-49(59-43)46-28-56(7,8)31-64(46)52(67)48(33(3)4)61-54(69)71-10/h13-20,23,29,32-33,45-48H,11-12,21-22,24-28,30-31H2,1-10H3,(H,60,68)(H,61,69)(H,59,62,65)/t45-,46-,47?,48-/m0/s1. The van der Waals surface area contributed by atoms with Gasteiger partial charge >= 0.3 is 12.2 Å². The maximum Gasteiger partial charge on any atom is 0.407 e. The van der Waals surface area contributed by atoms with Crippen LogP contribution in [0.15, 0.2) is 70.6 Å². The Morgan fingerprint density at radius 3 is 1.76 bits per heavy atom. The SMILES string of the molecule is COC(=O)NC(C(=O)N1CC(C)(C)C[C@H]1C1=NC=C(c2ccc(-c3ccc(-c4ccc5nc([C@@H]6CC(C)(C)CN6C(=O)[C@@H](NC(=O)OC)C(C)C)[nH]c(=O)c5c4)c4c3CC3(CCCC3)C4)cc2)C1)C(C)C. The molecule has 3 N–H and O–H groups in total. The number of hydrogen-bond donors (Lipinski definition) is 3. The molecule has 4 aromatic rings. The van der Waals surface area contributed by atoms with Gasteiger partial charge in [0.15, 0.2) is 0 Å². The number of carbonyl (C=O) groups excluding carboxylic acids is 4. The predicted octanol–water partition coefficient (Wildman–Crippen LogP) is 9.79. The maximum atomic E-state index is 14.1. The number of nitrogens with one attached hydrogen (secondary N) is 3. The van der Waals surface area contributed by atoms with Gasteiger partial charge in [-0.1, -0.05) is 111 Å². The summed E-state index contributed by atoms with van der Waals surface area (Å²) in [5, 5.41) is 5.98. The van der Waals surface area contributed by atoms with Crippen LogP contribution in [-0.4, -0.2) is 94.9 Å². The molecule has 1 saturated carbocycles. The van der Waals surface area contributed by atoms with Gasteiger partial charge in [-0.3, -0.25) is 19.4 Å². The topological polar surface area (TPSA) is 175 Å². The molecule has 1 spiro atoms. The third-order valence-corrected chi connectivity index (χ3v) is 16.0. The van der Waals surface area contributed by atoms with Crippen molar-refractivity contribution in [1.29, 1.82) is 0 Å². The Bertz CT molecular complexity index is 2890. The molecule has 3 aliphatic heterocycles. The van der Waals surface area contributed by atoms with Gasteiger partial charge in [-0.25, -0.2) is 14.6 Å². The molecule has 3 aromatic carbocycles. The van der Waals surface area contributed by atoms with Crippen molar-refractivity contribution in [2.75, 3.05) is 27.3 Å². The Kier molecular flexibility index (Phi) is 13.3. The number of ether oxygens (including phenoxy) is 2. The summed E-state index contributed by atoms with van der Waals surface area (Å²) in [5.74, 6) is -0.213. The fraction of sp³-hybridized carbons (Fsp3) is 0.526. The number of allylic oxidation sites excluding steroid dienone is 1. The molecule has 0 bridgehead atoms. The van der Waals surface area contributed by atoms with Gasteiger partial charge in [0.1, 0.15) is 17.9 Å². The number of hydrogen-bond acceptors (Lipinski definition) is 9. The van der Waals surface area contributed by atoms with Crippen LogP contribution >= 0.6 is 0 Å². The third kappa shape index (κ3) is 9.75. The van der Waals surface area contributed by atoms with E-state index in [0.29, 0.717) is 42.7 Å². The highest BCUT2D eigenvalue weighted by Gasteiger charge is 2.47. The van der Waals surface area contributed by atoms with E-state index in [4.69, 9.17) is 19.5 Å². The van der Waals surface area contributed by atoms with E-state index >= 15 is 0 Å². The molecule has 14 nitrogen and oxygen atoms in total. The molecule has 3 fully saturated rings. The molecule has 1 unspecified atom stereocenters. The number of rotatable bonds is 11. The molecule has 376 valence electrons. The Balaban J connectivity index is 0.966. The molecule has 2 saturated heterocycles. The molecule has 4 heterocycles. The summed E-state index contributed by atoms with van der Waals surface area (Å²) >= 11 is 0. The van der Waals surface area contributed by atoms with Crippen LogP contribution in [0.2, 0.25) is 0 Å². The maximum absolute atomic E-state index is 14.1. The van der Waals surface area contributed by atoms with Crippen molar-refractivity contribution in [3.05, 3.63) is 93.7 Å². The highest BCUT2D eigenvalue weighted by molar-refractivity contribution is 6.04. The number of amides is 4. The first-order chi connectivity index (χ1) is 33.7. The second-order valence-electron chi connectivity index (χ2n) is 23.3. The second-order valence-corrected chi connectivity index (χ2v) is 23.3. The zero-order valence-electron chi connectivity index (χ0n) is 43.2. The van der Waals surface area contributed by atoms with Crippen LogP contribution in [-0.2, 0) is 31.9 Å². The summed E-state index contributed by atoms with van der Waals surface area (Å²) < 4.78 is 9.69. The van der Waals surface area contributed by atoms with Crippen molar-refractivity contribution < 1.29 is 28.7 Å². The van der Waals surface area contributed by atoms with Crippen molar-refractivity contribution in [3.8, 4) is 22.3 Å². The van der Waals surface area contributed by atoms with Crippen LogP contribution in [0.5, 0.6) is 0 Å². The molecular weight excluding hydrogens is 895 g/mol. The monoisotopic (exact) mass is 966 g/mol. The number of aliphatic imine (C=N–C) groups is 1. The van der Waals surface area contributed by atoms with Gasteiger partial charge in [-0.15, -0.1) is 0 Å². The van der Waals surface area contributed by atoms with Gasteiger partial charge in [0.25, 0.3) is 5.56 Å². The summed E-state index contributed by atoms with van der Waals surface area (Å²) in [6.45, 7) is 17.2. The average molecular weight is 966 g/mol. The van der Waals surface area contributed by atoms with Crippen LogP contribution in [0.3, 0.4) is 0 Å². The first kappa shape index (κ1) is 49.7. The largest absolute Gasteiger partial charge is 0.453 e. The number of likely N-dealkylation sites (tertiary alicyclic amines) is 2. The highest BCUT2D eigenvalue weighted by atomic mass is 16.5. The summed E-state index contributed by atoms with van der Waals surface area (Å²) in [6.07, 6.45) is 9.60. The second kappa shape index (κ2) is 19.0. The van der Waals surface area contributed by atoms with Crippen molar-refractivity contribution in [3.63, 3.8) is 0 Å². The summed E-state index contributed by atoms with van der Waals surface area (Å²) in [6, 6.07) is 17.2. The van der Waals surface area contributed by atoms with Crippen LogP contribution in [0, 0.1) is 28.1 Å². The van der Waals surface area contributed by atoms with Gasteiger partial charge in [-0.2, -0.15) is 0 Å². The Hall–Kier alpha value is -6.31. The minimum atomic E-state index is -0.797. The average Bonchev–Trinajstić information content (AvgIpc) is 4.19. The lowest BCUT2D eigenvalue weighted by Gasteiger charge is -2.31. The van der Waals surface area contributed by atoms with Crippen molar-refractivity contribution in [1.82, 2.24) is 30.4 Å². The number of H-pyrrole nitrogens is 1. The van der Waals surface area contributed by atoms with Gasteiger partial charge in [-0.05, 0) is 123 Å². The molecule has 9 rings (SSSR count). The Morgan fingerprint density at radius 1 is 0.704 bits per heavy atom. The Labute approximate surface area is 417 Å². The number of aromatic nitrogens is 2. The number of nitrogens with zero attached hydrogens (tertiary/aromatic N) is 4. The smallest absolute Gasteiger partial charge is 0.407 e. The van der Waals surface area contributed by atoms with E-state index in [-0.39, 0.29) is 51.5 Å². The van der Waals surface area contributed by atoms with E-state index in [1.807, 2.05) is 50.9 Å². The predicted molar refractivity (Wildman–Crippen MR) is 277 cm³/mol. The molecular formula is C57H71N7O7. The van der Waals surface area contributed by atoms with Crippen molar-refractivity contribution in [2.24, 2.45) is 33.1 Å². The number of fused-ring (bicyclic) bond motifs is 2. The van der Waals surface area contributed by atoms with E-state index in [0.717, 1.165) is 52.8 Å². The molecule has 0 radical (unpaired) electrons. The van der Waals surface area contributed by atoms with Crippen molar-refractivity contribution in [2.45, 2.75) is 137 Å². The molecule has 71 heavy (non-hydrogen) atoms. The first-order valence-corrected chi connectivity index (χ1v) is 25.5. The molecule has 5 aliphatic rings. The summed E-state index contributed by atoms with van der Waals surface area (Å²) in [4.78, 5) is 83.4. The fourth-order valence-electron chi connectivity index (χ4n) is 12.4. The number of carbonyl (C=O) groups is 4. The lowest BCUT2D eigenvalue weighted by molar-refractivity contribution is -0.136. The summed E-state index contributed by atoms with van der Waals surface area (Å²) in [5.41, 5.74) is 10.6. The molecule has 14 heteroatoms. The normalized spacial score (nSPS) is 21.6. The third-order valence-electron chi connectivity index (χ3n) is 16.0.